The number of amides is 1. The fourth-order valence-corrected chi connectivity index (χ4v) is 3.12. The molecule has 2 aliphatic rings. The number of aliphatic imine (C=N–C) groups is 1. The van der Waals surface area contributed by atoms with Gasteiger partial charge in [0.25, 0.3) is 5.91 Å². The van der Waals surface area contributed by atoms with Crippen molar-refractivity contribution >= 4 is 17.3 Å². The van der Waals surface area contributed by atoms with Crippen molar-refractivity contribution in [1.29, 1.82) is 0 Å². The fraction of sp³-hybridized carbons (Fsp3) is 0.176. The average molecular weight is 296 g/mol. The van der Waals surface area contributed by atoms with E-state index in [0.717, 1.165) is 17.7 Å². The van der Waals surface area contributed by atoms with Crippen LogP contribution in [0.5, 0.6) is 0 Å². The number of aliphatic hydroxyl groups excluding tert-OH is 1. The molecule has 2 heterocycles. The summed E-state index contributed by atoms with van der Waals surface area (Å²) in [5, 5.41) is 10.1. The van der Waals surface area contributed by atoms with Gasteiger partial charge in [-0.05, 0) is 24.1 Å². The van der Waals surface area contributed by atoms with Crippen LogP contribution in [0.1, 0.15) is 16.7 Å². The van der Waals surface area contributed by atoms with Gasteiger partial charge in [0.2, 0.25) is 6.23 Å². The number of hydrogen-bond acceptors (Lipinski definition) is 3. The molecule has 110 valence electrons. The minimum absolute atomic E-state index is 0.288. The number of benzene rings is 2. The first-order valence-corrected chi connectivity index (χ1v) is 7.11. The van der Waals surface area contributed by atoms with Crippen LogP contribution in [0.2, 0.25) is 0 Å². The van der Waals surface area contributed by atoms with Crippen LogP contribution in [-0.4, -0.2) is 29.5 Å². The van der Waals surface area contributed by atoms with Crippen LogP contribution < -0.4 is 4.90 Å². The molecule has 0 saturated heterocycles. The van der Waals surface area contributed by atoms with Crippen LogP contribution in [0, 0.1) is 5.82 Å². The molecule has 1 unspecified atom stereocenters. The van der Waals surface area contributed by atoms with Crippen LogP contribution in [0.4, 0.5) is 10.1 Å². The molecule has 2 aromatic rings. The number of hydrogen-bond donors (Lipinski definition) is 1. The van der Waals surface area contributed by atoms with Crippen molar-refractivity contribution in [3.8, 4) is 0 Å². The van der Waals surface area contributed by atoms with Crippen LogP contribution >= 0.6 is 0 Å². The predicted molar refractivity (Wildman–Crippen MR) is 80.5 cm³/mol. The van der Waals surface area contributed by atoms with Gasteiger partial charge in [0.1, 0.15) is 5.82 Å². The molecular formula is C17H13FN2O2. The largest absolute Gasteiger partial charge is 0.364 e. The minimum atomic E-state index is -1.51. The summed E-state index contributed by atoms with van der Waals surface area (Å²) in [6, 6.07) is 11.9. The van der Waals surface area contributed by atoms with E-state index >= 15 is 0 Å². The SMILES string of the molecule is O=C1C(O)N=C(c2ccccc2F)c2cccc3c2N1CC3. The Hall–Kier alpha value is -2.53. The number of anilines is 1. The molecule has 1 N–H and O–H groups in total. The third-order valence-electron chi connectivity index (χ3n) is 4.12. The van der Waals surface area contributed by atoms with Gasteiger partial charge < -0.3 is 10.0 Å². The highest BCUT2D eigenvalue weighted by Crippen LogP contribution is 2.36. The predicted octanol–water partition coefficient (Wildman–Crippen LogP) is 1.88. The molecule has 0 radical (unpaired) electrons. The van der Waals surface area contributed by atoms with E-state index in [1.54, 1.807) is 23.1 Å². The number of para-hydroxylation sites is 1. The van der Waals surface area contributed by atoms with E-state index in [0.29, 0.717) is 17.8 Å². The molecule has 22 heavy (non-hydrogen) atoms. The van der Waals surface area contributed by atoms with Gasteiger partial charge in [-0.25, -0.2) is 9.38 Å². The van der Waals surface area contributed by atoms with Gasteiger partial charge >= 0.3 is 0 Å². The van der Waals surface area contributed by atoms with Gasteiger partial charge in [-0.3, -0.25) is 4.79 Å². The molecule has 1 amide bonds. The number of nitrogens with zero attached hydrogens (tertiary/aromatic N) is 2. The first kappa shape index (κ1) is 13.2. The lowest BCUT2D eigenvalue weighted by molar-refractivity contribution is -0.126. The van der Waals surface area contributed by atoms with E-state index in [4.69, 9.17) is 0 Å². The number of aliphatic hydroxyl groups is 1. The topological polar surface area (TPSA) is 52.9 Å². The smallest absolute Gasteiger partial charge is 0.278 e. The minimum Gasteiger partial charge on any atom is -0.364 e. The normalized spacial score (nSPS) is 19.7. The van der Waals surface area contributed by atoms with Crippen LogP contribution in [0.25, 0.3) is 0 Å². The molecule has 0 aliphatic carbocycles. The van der Waals surface area contributed by atoms with E-state index < -0.39 is 18.0 Å². The fourth-order valence-electron chi connectivity index (χ4n) is 3.12. The summed E-state index contributed by atoms with van der Waals surface area (Å²) in [7, 11) is 0. The second-order valence-electron chi connectivity index (χ2n) is 5.38. The van der Waals surface area contributed by atoms with Crippen molar-refractivity contribution in [3.63, 3.8) is 0 Å². The van der Waals surface area contributed by atoms with Crippen molar-refractivity contribution in [1.82, 2.24) is 0 Å². The first-order valence-electron chi connectivity index (χ1n) is 7.11. The standard InChI is InChI=1S/C17H13FN2O2/c18-13-7-2-1-5-11(13)14-12-6-3-4-10-8-9-20(15(10)12)17(22)16(21)19-14/h1-7,16,21H,8-9H2. The summed E-state index contributed by atoms with van der Waals surface area (Å²) >= 11 is 0. The van der Waals surface area contributed by atoms with Crippen LogP contribution in [0.15, 0.2) is 47.5 Å². The Morgan fingerprint density at radius 1 is 1.14 bits per heavy atom. The zero-order valence-electron chi connectivity index (χ0n) is 11.7. The van der Waals surface area contributed by atoms with Crippen molar-refractivity contribution in [2.45, 2.75) is 12.6 Å². The van der Waals surface area contributed by atoms with E-state index in [9.17, 15) is 14.3 Å². The lowest BCUT2D eigenvalue weighted by Crippen LogP contribution is -2.36. The highest BCUT2D eigenvalue weighted by atomic mass is 19.1. The van der Waals surface area contributed by atoms with Gasteiger partial charge in [-0.2, -0.15) is 0 Å². The Balaban J connectivity index is 2.01. The zero-order chi connectivity index (χ0) is 15.3. The second kappa shape index (κ2) is 4.74. The highest BCUT2D eigenvalue weighted by Gasteiger charge is 2.35. The summed E-state index contributed by atoms with van der Waals surface area (Å²) in [5.74, 6) is -0.887. The van der Waals surface area contributed by atoms with Crippen molar-refractivity contribution in [3.05, 3.63) is 65.0 Å². The quantitative estimate of drug-likeness (QED) is 0.873. The van der Waals surface area contributed by atoms with E-state index in [-0.39, 0.29) is 5.56 Å². The molecule has 2 aliphatic heterocycles. The van der Waals surface area contributed by atoms with Gasteiger partial charge in [0, 0.05) is 17.7 Å². The zero-order valence-corrected chi connectivity index (χ0v) is 11.7. The summed E-state index contributed by atoms with van der Waals surface area (Å²) < 4.78 is 14.2. The van der Waals surface area contributed by atoms with Gasteiger partial charge in [-0.15, -0.1) is 0 Å². The Morgan fingerprint density at radius 2 is 1.91 bits per heavy atom. The van der Waals surface area contributed by atoms with Crippen molar-refractivity contribution in [2.24, 2.45) is 4.99 Å². The molecule has 4 rings (SSSR count). The third kappa shape index (κ3) is 1.79. The first-order chi connectivity index (χ1) is 10.7. The van der Waals surface area contributed by atoms with E-state index in [1.807, 2.05) is 18.2 Å². The van der Waals surface area contributed by atoms with Crippen LogP contribution in [0.3, 0.4) is 0 Å². The summed E-state index contributed by atoms with van der Waals surface area (Å²) in [6.45, 7) is 0.516. The molecule has 4 nitrogen and oxygen atoms in total. The maximum absolute atomic E-state index is 14.2. The molecule has 1 atom stereocenters. The maximum Gasteiger partial charge on any atom is 0.278 e. The summed E-state index contributed by atoms with van der Waals surface area (Å²) in [5.41, 5.74) is 3.05. The summed E-state index contributed by atoms with van der Waals surface area (Å²) in [6.07, 6.45) is -0.778. The lowest BCUT2D eigenvalue weighted by atomic mass is 9.98. The Labute approximate surface area is 126 Å². The van der Waals surface area contributed by atoms with Crippen LogP contribution in [-0.2, 0) is 11.2 Å². The molecule has 0 saturated carbocycles. The van der Waals surface area contributed by atoms with Gasteiger partial charge in [0.05, 0.1) is 11.4 Å². The van der Waals surface area contributed by atoms with Crippen molar-refractivity contribution < 1.29 is 14.3 Å². The monoisotopic (exact) mass is 296 g/mol. The molecule has 0 aromatic heterocycles. The van der Waals surface area contributed by atoms with Gasteiger partial charge in [-0.1, -0.05) is 30.3 Å². The number of halogens is 1. The molecular weight excluding hydrogens is 283 g/mol. The average Bonchev–Trinajstić information content (AvgIpc) is 2.92. The Kier molecular flexibility index (Phi) is 2.84. The van der Waals surface area contributed by atoms with Crippen molar-refractivity contribution in [2.75, 3.05) is 11.4 Å². The lowest BCUT2D eigenvalue weighted by Gasteiger charge is -2.18. The molecule has 0 spiro atoms. The number of carbonyl (C=O) groups is 1. The summed E-state index contributed by atoms with van der Waals surface area (Å²) in [4.78, 5) is 18.0. The molecule has 0 bridgehead atoms. The third-order valence-corrected chi connectivity index (χ3v) is 4.12. The van der Waals surface area contributed by atoms with Gasteiger partial charge in [0.15, 0.2) is 0 Å². The second-order valence-corrected chi connectivity index (χ2v) is 5.38. The number of rotatable bonds is 1. The Morgan fingerprint density at radius 3 is 2.73 bits per heavy atom. The molecule has 2 aromatic carbocycles. The van der Waals surface area contributed by atoms with E-state index in [2.05, 4.69) is 4.99 Å². The maximum atomic E-state index is 14.2. The highest BCUT2D eigenvalue weighted by molar-refractivity contribution is 6.20. The molecule has 5 heteroatoms. The Bertz CT molecular complexity index is 816. The number of carbonyl (C=O) groups excluding carboxylic acids is 1. The molecule has 0 fully saturated rings. The van der Waals surface area contributed by atoms with E-state index in [1.165, 1.54) is 6.07 Å².